The number of nitrogens with zero attached hydrogens (tertiary/aromatic N) is 1. The highest BCUT2D eigenvalue weighted by Gasteiger charge is 2.04. The molecule has 1 rings (SSSR count). The van der Waals surface area contributed by atoms with Gasteiger partial charge < -0.3 is 5.11 Å². The monoisotopic (exact) mass is 167 g/mol. The summed E-state index contributed by atoms with van der Waals surface area (Å²) in [4.78, 5) is 13.9. The molecule has 1 aromatic heterocycles. The largest absolute Gasteiger partial charge is 0.478 e. The maximum absolute atomic E-state index is 10.3. The first kappa shape index (κ1) is 8.08. The average Bonchev–Trinajstić information content (AvgIpc) is 1.94. The van der Waals surface area contributed by atoms with E-state index in [4.69, 9.17) is 24.6 Å². The molecule has 11 heavy (non-hydrogen) atoms. The highest BCUT2D eigenvalue weighted by Crippen LogP contribution is 2.05. The second kappa shape index (κ2) is 2.92. The Balaban J connectivity index is 3.15. The van der Waals surface area contributed by atoms with Gasteiger partial charge in [0, 0.05) is 11.8 Å². The summed E-state index contributed by atoms with van der Waals surface area (Å²) < 4.78 is 0. The normalized spacial score (nSPS) is 9.55. The molecule has 3 nitrogen and oxygen atoms in total. The van der Waals surface area contributed by atoms with E-state index in [0.717, 1.165) is 6.20 Å². The van der Waals surface area contributed by atoms with E-state index in [1.165, 1.54) is 6.07 Å². The summed E-state index contributed by atoms with van der Waals surface area (Å²) in [6.07, 6.45) is 1.16. The van der Waals surface area contributed by atoms with E-state index < -0.39 is 5.97 Å². The smallest absolute Gasteiger partial charge is 0.337 e. The number of hydrogen-bond acceptors (Lipinski definition) is 2. The maximum atomic E-state index is 10.3. The first-order valence-corrected chi connectivity index (χ1v) is 3.13. The van der Waals surface area contributed by atoms with E-state index in [1.54, 1.807) is 0 Å². The van der Waals surface area contributed by atoms with Crippen LogP contribution in [0.2, 0.25) is 5.02 Å². The minimum absolute atomic E-state index is 0.0317. The first-order valence-electron chi connectivity index (χ1n) is 2.75. The van der Waals surface area contributed by atoms with E-state index >= 15 is 0 Å². The number of carboxylic acids is 1. The van der Waals surface area contributed by atoms with E-state index in [9.17, 15) is 4.79 Å². The maximum Gasteiger partial charge on any atom is 0.337 e. The molecule has 0 aliphatic heterocycles. The molecule has 1 aromatic rings. The molecule has 5 heteroatoms. The molecular weight excluding hydrogens is 164 g/mol. The lowest BCUT2D eigenvalue weighted by Crippen LogP contribution is -2.11. The van der Waals surface area contributed by atoms with E-state index in [-0.39, 0.29) is 16.2 Å². The molecule has 0 saturated heterocycles. The van der Waals surface area contributed by atoms with Crippen molar-refractivity contribution in [1.29, 1.82) is 0 Å². The predicted octanol–water partition coefficient (Wildman–Crippen LogP) is 0.227. The number of hydrogen-bond donors (Lipinski definition) is 1. The molecule has 0 aromatic carbocycles. The van der Waals surface area contributed by atoms with Crippen LogP contribution in [0.15, 0.2) is 12.3 Å². The lowest BCUT2D eigenvalue weighted by molar-refractivity contribution is 0.0696. The molecule has 1 N–H and O–H groups in total. The second-order valence-electron chi connectivity index (χ2n) is 1.90. The van der Waals surface area contributed by atoms with Crippen LogP contribution in [0, 0.1) is 0 Å². The summed E-state index contributed by atoms with van der Waals surface area (Å²) in [6.45, 7) is 0. The van der Waals surface area contributed by atoms with Crippen LogP contribution >= 0.6 is 11.6 Å². The number of halogens is 1. The minimum atomic E-state index is -1.07. The fourth-order valence-electron chi connectivity index (χ4n) is 0.565. The Morgan fingerprint density at radius 1 is 1.73 bits per heavy atom. The molecule has 0 fully saturated rings. The van der Waals surface area contributed by atoms with Crippen molar-refractivity contribution in [2.45, 2.75) is 0 Å². The third-order valence-electron chi connectivity index (χ3n) is 1.12. The van der Waals surface area contributed by atoms with Crippen molar-refractivity contribution in [2.24, 2.45) is 0 Å². The van der Waals surface area contributed by atoms with Crippen LogP contribution in [0.25, 0.3) is 0 Å². The molecular formula is C6H3BClNO2. The molecule has 0 amide bonds. The molecule has 1 heterocycles. The van der Waals surface area contributed by atoms with Gasteiger partial charge in [0.15, 0.2) is 0 Å². The number of rotatable bonds is 1. The van der Waals surface area contributed by atoms with Crippen molar-refractivity contribution in [3.63, 3.8) is 0 Å². The van der Waals surface area contributed by atoms with Gasteiger partial charge in [-0.3, -0.25) is 4.98 Å². The Kier molecular flexibility index (Phi) is 2.15. The molecule has 54 valence electrons. The molecule has 0 atom stereocenters. The predicted molar refractivity (Wildman–Crippen MR) is 41.6 cm³/mol. The quantitative estimate of drug-likeness (QED) is 0.609. The van der Waals surface area contributed by atoms with Gasteiger partial charge in [-0.05, 0) is 6.07 Å². The van der Waals surface area contributed by atoms with E-state index in [1.807, 2.05) is 0 Å². The average molecular weight is 167 g/mol. The number of carbonyl (C=O) groups is 1. The van der Waals surface area contributed by atoms with Crippen molar-refractivity contribution in [1.82, 2.24) is 4.98 Å². The van der Waals surface area contributed by atoms with Crippen molar-refractivity contribution >= 4 is 31.0 Å². The fraction of sp³-hybridized carbons (Fsp3) is 0. The van der Waals surface area contributed by atoms with Gasteiger partial charge in [0.1, 0.15) is 7.85 Å². The molecule has 0 unspecified atom stereocenters. The van der Waals surface area contributed by atoms with E-state index in [0.29, 0.717) is 0 Å². The van der Waals surface area contributed by atoms with Crippen molar-refractivity contribution in [2.75, 3.05) is 0 Å². The lowest BCUT2D eigenvalue weighted by Gasteiger charge is -1.97. The zero-order valence-corrected chi connectivity index (χ0v) is 6.17. The third kappa shape index (κ3) is 1.71. The fourth-order valence-corrected chi connectivity index (χ4v) is 0.732. The van der Waals surface area contributed by atoms with Crippen LogP contribution in [-0.2, 0) is 0 Å². The lowest BCUT2D eigenvalue weighted by atomic mass is 10.0. The topological polar surface area (TPSA) is 50.2 Å². The summed E-state index contributed by atoms with van der Waals surface area (Å²) in [5.41, 5.74) is 0.167. The highest BCUT2D eigenvalue weighted by molar-refractivity contribution is 6.44. The summed E-state index contributed by atoms with van der Waals surface area (Å²) in [6, 6.07) is 1.26. The molecule has 0 aliphatic carbocycles. The highest BCUT2D eigenvalue weighted by atomic mass is 35.5. The molecule has 0 saturated carbocycles. The van der Waals surface area contributed by atoms with Gasteiger partial charge in [-0.1, -0.05) is 11.6 Å². The van der Waals surface area contributed by atoms with Gasteiger partial charge in [0.05, 0.1) is 10.6 Å². The van der Waals surface area contributed by atoms with E-state index in [2.05, 4.69) is 4.98 Å². The first-order chi connectivity index (χ1) is 5.11. The van der Waals surface area contributed by atoms with Crippen LogP contribution in [-0.4, -0.2) is 23.9 Å². The molecule has 2 radical (unpaired) electrons. The number of aromatic carboxylic acids is 1. The van der Waals surface area contributed by atoms with Crippen molar-refractivity contribution in [3.8, 4) is 0 Å². The van der Waals surface area contributed by atoms with Gasteiger partial charge >= 0.3 is 5.97 Å². The van der Waals surface area contributed by atoms with Crippen LogP contribution < -0.4 is 5.59 Å². The molecule has 0 spiro atoms. The number of aromatic nitrogens is 1. The second-order valence-corrected chi connectivity index (χ2v) is 2.30. The Bertz CT molecular complexity index is 303. The number of carboxylic acid groups (broad SMARTS) is 1. The van der Waals surface area contributed by atoms with Crippen LogP contribution in [0.5, 0.6) is 0 Å². The van der Waals surface area contributed by atoms with Gasteiger partial charge in [-0.2, -0.15) is 0 Å². The zero-order chi connectivity index (χ0) is 8.43. The van der Waals surface area contributed by atoms with Crippen molar-refractivity contribution < 1.29 is 9.90 Å². The Morgan fingerprint density at radius 3 is 2.82 bits per heavy atom. The SMILES string of the molecule is [B]c1ncc(C(=O)O)cc1Cl. The summed E-state index contributed by atoms with van der Waals surface area (Å²) >= 11 is 5.51. The van der Waals surface area contributed by atoms with Gasteiger partial charge in [0.2, 0.25) is 0 Å². The van der Waals surface area contributed by atoms with Gasteiger partial charge in [-0.25, -0.2) is 4.79 Å². The van der Waals surface area contributed by atoms with Gasteiger partial charge in [0.25, 0.3) is 0 Å². The van der Waals surface area contributed by atoms with Crippen LogP contribution in [0.3, 0.4) is 0 Å². The van der Waals surface area contributed by atoms with Crippen molar-refractivity contribution in [3.05, 3.63) is 22.8 Å². The summed E-state index contributed by atoms with van der Waals surface area (Å²) in [5, 5.41) is 8.62. The zero-order valence-electron chi connectivity index (χ0n) is 5.41. The Hall–Kier alpha value is -1.03. The van der Waals surface area contributed by atoms with Crippen LogP contribution in [0.4, 0.5) is 0 Å². The number of pyridine rings is 1. The Morgan fingerprint density at radius 2 is 2.36 bits per heavy atom. The summed E-state index contributed by atoms with van der Waals surface area (Å²) in [7, 11) is 5.25. The third-order valence-corrected chi connectivity index (χ3v) is 1.42. The Labute approximate surface area is 69.4 Å². The molecule has 0 aliphatic rings. The minimum Gasteiger partial charge on any atom is -0.478 e. The van der Waals surface area contributed by atoms with Gasteiger partial charge in [-0.15, -0.1) is 0 Å². The molecule has 0 bridgehead atoms. The standard InChI is InChI=1S/C6H3BClNO2/c7-5-4(8)1-3(2-9-5)6(10)11/h1-2H,(H,10,11). The van der Waals surface area contributed by atoms with Crippen LogP contribution in [0.1, 0.15) is 10.4 Å². The summed E-state index contributed by atoms with van der Waals surface area (Å²) in [5.74, 6) is -1.07.